The molecule has 13 nitrogen and oxygen atoms in total. The monoisotopic (exact) mass is 813 g/mol. The van der Waals surface area contributed by atoms with Gasteiger partial charge < -0.3 is 34.9 Å². The van der Waals surface area contributed by atoms with Gasteiger partial charge in [-0.05, 0) is 101 Å². The van der Waals surface area contributed by atoms with Crippen LogP contribution in [0.2, 0.25) is 0 Å². The summed E-state index contributed by atoms with van der Waals surface area (Å²) in [5.41, 5.74) is 7.36. The second kappa shape index (κ2) is 16.9. The highest BCUT2D eigenvalue weighted by Crippen LogP contribution is 2.45. The van der Waals surface area contributed by atoms with Crippen LogP contribution in [0.25, 0.3) is 38.7 Å². The Bertz CT molecular complexity index is 2350. The summed E-state index contributed by atoms with van der Waals surface area (Å²) in [6.45, 7) is 8.31. The van der Waals surface area contributed by atoms with E-state index in [2.05, 4.69) is 76.3 Å². The molecule has 314 valence electrons. The number of aromatic amines is 1. The van der Waals surface area contributed by atoms with Gasteiger partial charge in [-0.25, -0.2) is 14.6 Å². The van der Waals surface area contributed by atoms with Crippen LogP contribution in [0.15, 0.2) is 78.1 Å². The minimum Gasteiger partial charge on any atom is -0.453 e. The maximum Gasteiger partial charge on any atom is 0.407 e. The number of carbonyl (C=O) groups excluding carboxylic acids is 4. The minimum atomic E-state index is -0.684. The molecule has 1 aliphatic carbocycles. The zero-order valence-corrected chi connectivity index (χ0v) is 35.2. The number of amides is 4. The zero-order valence-electron chi connectivity index (χ0n) is 35.2. The Morgan fingerprint density at radius 1 is 0.767 bits per heavy atom. The summed E-state index contributed by atoms with van der Waals surface area (Å²) in [6, 6.07) is 20.0. The molecule has 4 heterocycles. The highest BCUT2D eigenvalue weighted by molar-refractivity contribution is 6.05. The molecule has 8 rings (SSSR count). The minimum absolute atomic E-state index is 0.0517. The summed E-state index contributed by atoms with van der Waals surface area (Å²) >= 11 is 0. The van der Waals surface area contributed by atoms with Gasteiger partial charge in [-0.3, -0.25) is 14.6 Å². The predicted octanol–water partition coefficient (Wildman–Crippen LogP) is 7.89. The van der Waals surface area contributed by atoms with Crippen LogP contribution < -0.4 is 10.6 Å². The number of piperidine rings is 1. The van der Waals surface area contributed by atoms with E-state index in [0.717, 1.165) is 87.9 Å². The number of carbonyl (C=O) groups is 4. The predicted molar refractivity (Wildman–Crippen MR) is 231 cm³/mol. The zero-order chi connectivity index (χ0) is 42.2. The van der Waals surface area contributed by atoms with Crippen LogP contribution in [-0.2, 0) is 19.1 Å². The SMILES string of the molecule is COC(=O)N[C@H](C(=O)N1CCC[C@H]1c1ncc(-c2ccc(-c3ccc4cc(C5=CN=C([C@@H]6[C@H]7CC[C@H](C7)N6C(=O)[C@@H](NC(=O)OC)C(C)C)C5)ccc4c3)cc2)[nH]1)C(C)C. The van der Waals surface area contributed by atoms with Crippen molar-refractivity contribution in [1.29, 1.82) is 0 Å². The molecule has 3 N–H and O–H groups in total. The van der Waals surface area contributed by atoms with Crippen molar-refractivity contribution >= 4 is 46.1 Å². The number of nitrogens with zero attached hydrogens (tertiary/aromatic N) is 4. The number of likely N-dealkylation sites (tertiary alicyclic amines) is 2. The number of allylic oxidation sites excluding steroid dienone is 1. The number of imidazole rings is 1. The van der Waals surface area contributed by atoms with Gasteiger partial charge in [0.2, 0.25) is 11.8 Å². The lowest BCUT2D eigenvalue weighted by molar-refractivity contribution is -0.137. The standard InChI is InChI=1S/C47H55N7O6/c1-26(2)40(51-46(57)59-5)44(55)53-19-7-8-39(53)43-49-25-38(50-43)29-11-9-28(10-12-29)30-13-14-32-21-33(16-15-31(32)20-30)35-23-37(48-24-35)42-34-17-18-36(22-34)54(42)45(56)41(27(3)4)52-47(58)60-6/h9-16,20-21,24-27,34,36,39-42H,7-8,17-19,22-23H2,1-6H3,(H,49,50)(H,51,57)(H,52,58)/t34-,36+,39-,40-,41-,42-/m0/s1. The summed E-state index contributed by atoms with van der Waals surface area (Å²) in [6.07, 6.45) is 7.93. The maximum atomic E-state index is 14.0. The molecule has 0 unspecified atom stereocenters. The van der Waals surface area contributed by atoms with E-state index in [4.69, 9.17) is 19.5 Å². The van der Waals surface area contributed by atoms with E-state index in [-0.39, 0.29) is 41.8 Å². The Balaban J connectivity index is 0.926. The molecule has 60 heavy (non-hydrogen) atoms. The number of fused-ring (bicyclic) bond motifs is 3. The average Bonchev–Trinajstić information content (AvgIpc) is 4.12. The molecule has 13 heteroatoms. The van der Waals surface area contributed by atoms with Crippen LogP contribution in [-0.4, -0.2) is 94.4 Å². The summed E-state index contributed by atoms with van der Waals surface area (Å²) in [5.74, 6) is 0.741. The first-order chi connectivity index (χ1) is 28.9. The van der Waals surface area contributed by atoms with Crippen molar-refractivity contribution in [3.8, 4) is 22.4 Å². The Hall–Kier alpha value is -5.98. The van der Waals surface area contributed by atoms with E-state index in [9.17, 15) is 19.2 Å². The van der Waals surface area contributed by atoms with E-state index in [1.807, 2.05) is 49.9 Å². The van der Waals surface area contributed by atoms with Crippen LogP contribution in [0.5, 0.6) is 0 Å². The van der Waals surface area contributed by atoms with E-state index < -0.39 is 24.3 Å². The van der Waals surface area contributed by atoms with Crippen molar-refractivity contribution in [2.75, 3.05) is 20.8 Å². The van der Waals surface area contributed by atoms with Gasteiger partial charge in [-0.2, -0.15) is 0 Å². The Labute approximate surface area is 351 Å². The number of ether oxygens (including phenoxy) is 2. The summed E-state index contributed by atoms with van der Waals surface area (Å²) < 4.78 is 9.61. The molecule has 1 saturated carbocycles. The maximum absolute atomic E-state index is 14.0. The molecule has 4 amide bonds. The number of hydrogen-bond donors (Lipinski definition) is 3. The van der Waals surface area contributed by atoms with Crippen molar-refractivity contribution in [3.05, 3.63) is 84.4 Å². The van der Waals surface area contributed by atoms with Crippen LogP contribution in [0.1, 0.15) is 83.6 Å². The van der Waals surface area contributed by atoms with E-state index >= 15 is 0 Å². The number of aromatic nitrogens is 2. The molecule has 3 fully saturated rings. The third-order valence-corrected chi connectivity index (χ3v) is 12.9. The summed E-state index contributed by atoms with van der Waals surface area (Å²) in [7, 11) is 2.61. The first kappa shape index (κ1) is 40.8. The Kier molecular flexibility index (Phi) is 11.5. The lowest BCUT2D eigenvalue weighted by Gasteiger charge is -2.38. The van der Waals surface area contributed by atoms with Gasteiger partial charge in [0.15, 0.2) is 0 Å². The van der Waals surface area contributed by atoms with Crippen LogP contribution in [0.4, 0.5) is 9.59 Å². The fraction of sp³-hybridized carbons (Fsp3) is 0.447. The topological polar surface area (TPSA) is 158 Å². The number of alkyl carbamates (subject to hydrolysis) is 2. The van der Waals surface area contributed by atoms with Crippen molar-refractivity contribution in [3.63, 3.8) is 0 Å². The normalized spacial score (nSPS) is 21.9. The number of H-pyrrole nitrogens is 1. The first-order valence-electron chi connectivity index (χ1n) is 21.2. The highest BCUT2D eigenvalue weighted by Gasteiger charge is 2.52. The quantitative estimate of drug-likeness (QED) is 0.139. The average molecular weight is 814 g/mol. The molecule has 1 aromatic heterocycles. The van der Waals surface area contributed by atoms with Gasteiger partial charge in [-0.15, -0.1) is 0 Å². The van der Waals surface area contributed by atoms with E-state index in [1.54, 1.807) is 0 Å². The molecule has 3 aliphatic heterocycles. The molecule has 2 bridgehead atoms. The Morgan fingerprint density at radius 2 is 1.38 bits per heavy atom. The van der Waals surface area contributed by atoms with Gasteiger partial charge in [0.1, 0.15) is 17.9 Å². The highest BCUT2D eigenvalue weighted by atomic mass is 16.5. The van der Waals surface area contributed by atoms with Crippen LogP contribution >= 0.6 is 0 Å². The fourth-order valence-corrected chi connectivity index (χ4v) is 9.71. The number of rotatable bonds is 11. The number of methoxy groups -OCH3 is 2. The van der Waals surface area contributed by atoms with Gasteiger partial charge in [0.05, 0.1) is 38.2 Å². The third-order valence-electron chi connectivity index (χ3n) is 12.9. The summed E-state index contributed by atoms with van der Waals surface area (Å²) in [5, 5.41) is 7.76. The van der Waals surface area contributed by atoms with Gasteiger partial charge in [0.25, 0.3) is 0 Å². The summed E-state index contributed by atoms with van der Waals surface area (Å²) in [4.78, 5) is 68.6. The second-order valence-electron chi connectivity index (χ2n) is 17.3. The molecule has 2 saturated heterocycles. The first-order valence-corrected chi connectivity index (χ1v) is 21.2. The van der Waals surface area contributed by atoms with Crippen molar-refractivity contribution in [1.82, 2.24) is 30.4 Å². The van der Waals surface area contributed by atoms with Crippen molar-refractivity contribution < 1.29 is 28.7 Å². The van der Waals surface area contributed by atoms with Gasteiger partial charge in [-0.1, -0.05) is 76.2 Å². The number of nitrogens with one attached hydrogen (secondary N) is 3. The number of hydrogen-bond acceptors (Lipinski definition) is 8. The smallest absolute Gasteiger partial charge is 0.407 e. The largest absolute Gasteiger partial charge is 0.453 e. The fourth-order valence-electron chi connectivity index (χ4n) is 9.71. The molecular weight excluding hydrogens is 759 g/mol. The molecule has 0 radical (unpaired) electrons. The molecule has 6 atom stereocenters. The van der Waals surface area contributed by atoms with Crippen molar-refractivity contribution in [2.24, 2.45) is 22.7 Å². The molecule has 4 aromatic rings. The van der Waals surface area contributed by atoms with E-state index in [0.29, 0.717) is 18.9 Å². The molecule has 3 aromatic carbocycles. The van der Waals surface area contributed by atoms with Gasteiger partial charge in [0, 0.05) is 30.9 Å². The van der Waals surface area contributed by atoms with Crippen LogP contribution in [0, 0.1) is 17.8 Å². The number of benzene rings is 3. The van der Waals surface area contributed by atoms with Crippen molar-refractivity contribution in [2.45, 2.75) is 96.4 Å². The molecule has 0 spiro atoms. The molecule has 4 aliphatic rings. The van der Waals surface area contributed by atoms with Crippen LogP contribution in [0.3, 0.4) is 0 Å². The van der Waals surface area contributed by atoms with E-state index in [1.165, 1.54) is 14.2 Å². The van der Waals surface area contributed by atoms with Gasteiger partial charge >= 0.3 is 12.2 Å². The molecular formula is C47H55N7O6. The third kappa shape index (κ3) is 7.89. The second-order valence-corrected chi connectivity index (χ2v) is 17.3. The lowest BCUT2D eigenvalue weighted by atomic mass is 9.89. The number of aliphatic imine (C=N–C) groups is 1. The lowest BCUT2D eigenvalue weighted by Crippen LogP contribution is -2.57. The Morgan fingerprint density at radius 3 is 2.05 bits per heavy atom.